The third kappa shape index (κ3) is 3.14. The second-order valence-electron chi connectivity index (χ2n) is 3.89. The molecule has 0 aliphatic rings. The zero-order valence-corrected chi connectivity index (χ0v) is 11.0. The molecular formula is C13H11F2NO2S. The molecule has 0 radical (unpaired) electrons. The Morgan fingerprint density at radius 1 is 1.37 bits per heavy atom. The van der Waals surface area contributed by atoms with Crippen LogP contribution in [0.1, 0.15) is 20.9 Å². The predicted octanol–water partition coefficient (Wildman–Crippen LogP) is 3.16. The summed E-state index contributed by atoms with van der Waals surface area (Å²) in [6.45, 7) is 2.02. The van der Waals surface area contributed by atoms with Gasteiger partial charge in [0.25, 0.3) is 0 Å². The lowest BCUT2D eigenvalue weighted by molar-refractivity contribution is 0.112. The van der Waals surface area contributed by atoms with Crippen molar-refractivity contribution in [3.05, 3.63) is 45.4 Å². The first kappa shape index (κ1) is 13.6. The van der Waals surface area contributed by atoms with Gasteiger partial charge in [0.15, 0.2) is 17.4 Å². The molecule has 0 saturated heterocycles. The predicted molar refractivity (Wildman–Crippen MR) is 67.8 cm³/mol. The van der Waals surface area contributed by atoms with E-state index in [9.17, 15) is 13.6 Å². The lowest BCUT2D eigenvalue weighted by Gasteiger charge is -2.08. The minimum atomic E-state index is -0.872. The number of carbonyl (C=O) groups excluding carboxylic acids is 1. The van der Waals surface area contributed by atoms with Crippen LogP contribution in [-0.2, 0) is 6.42 Å². The molecule has 0 unspecified atom stereocenters. The summed E-state index contributed by atoms with van der Waals surface area (Å²) in [5, 5.41) is 0. The number of hydrogen-bond acceptors (Lipinski definition) is 4. The van der Waals surface area contributed by atoms with Crippen molar-refractivity contribution in [2.45, 2.75) is 13.3 Å². The topological polar surface area (TPSA) is 39.2 Å². The Hall–Kier alpha value is -1.82. The van der Waals surface area contributed by atoms with Crippen molar-refractivity contribution in [2.24, 2.45) is 0 Å². The fourth-order valence-corrected chi connectivity index (χ4v) is 2.36. The molecule has 0 bridgehead atoms. The van der Waals surface area contributed by atoms with Gasteiger partial charge < -0.3 is 4.74 Å². The Labute approximate surface area is 112 Å². The Kier molecular flexibility index (Phi) is 4.21. The van der Waals surface area contributed by atoms with Crippen LogP contribution in [0.2, 0.25) is 0 Å². The van der Waals surface area contributed by atoms with Gasteiger partial charge in [-0.25, -0.2) is 13.8 Å². The molecule has 0 fully saturated rings. The van der Waals surface area contributed by atoms with Crippen LogP contribution in [0.25, 0.3) is 0 Å². The van der Waals surface area contributed by atoms with Gasteiger partial charge in [0.1, 0.15) is 6.29 Å². The molecule has 0 amide bonds. The monoisotopic (exact) mass is 283 g/mol. The van der Waals surface area contributed by atoms with E-state index in [1.807, 2.05) is 6.92 Å². The normalized spacial score (nSPS) is 10.5. The number of aryl methyl sites for hydroxylation is 1. The van der Waals surface area contributed by atoms with E-state index in [1.54, 1.807) is 5.51 Å². The second-order valence-corrected chi connectivity index (χ2v) is 4.83. The smallest absolute Gasteiger partial charge is 0.190 e. The molecule has 2 aromatic rings. The van der Waals surface area contributed by atoms with E-state index in [1.165, 1.54) is 11.3 Å². The molecule has 1 aromatic carbocycles. The molecule has 100 valence electrons. The third-order valence-electron chi connectivity index (χ3n) is 2.58. The summed E-state index contributed by atoms with van der Waals surface area (Å²) in [6.07, 6.45) is 0.918. The van der Waals surface area contributed by atoms with Gasteiger partial charge in [-0.2, -0.15) is 0 Å². The molecule has 0 N–H and O–H groups in total. The van der Waals surface area contributed by atoms with E-state index in [2.05, 4.69) is 4.98 Å². The first-order valence-electron chi connectivity index (χ1n) is 5.58. The van der Waals surface area contributed by atoms with Crippen molar-refractivity contribution in [1.82, 2.24) is 4.98 Å². The highest BCUT2D eigenvalue weighted by molar-refractivity contribution is 7.09. The number of aldehydes is 1. The van der Waals surface area contributed by atoms with E-state index >= 15 is 0 Å². The van der Waals surface area contributed by atoms with Crippen LogP contribution in [0, 0.1) is 18.6 Å². The van der Waals surface area contributed by atoms with Gasteiger partial charge in [-0.05, 0) is 19.1 Å². The summed E-state index contributed by atoms with van der Waals surface area (Å²) < 4.78 is 32.1. The summed E-state index contributed by atoms with van der Waals surface area (Å²) in [5.41, 5.74) is 2.55. The minimum absolute atomic E-state index is 0.0550. The van der Waals surface area contributed by atoms with Gasteiger partial charge in [-0.3, -0.25) is 4.79 Å². The van der Waals surface area contributed by atoms with Crippen LogP contribution in [-0.4, -0.2) is 17.9 Å². The first-order valence-corrected chi connectivity index (χ1v) is 6.45. The number of carbonyl (C=O) groups is 1. The van der Waals surface area contributed by atoms with Crippen molar-refractivity contribution in [3.8, 4) is 5.75 Å². The Morgan fingerprint density at radius 2 is 2.05 bits per heavy atom. The summed E-state index contributed by atoms with van der Waals surface area (Å²) in [7, 11) is 0. The van der Waals surface area contributed by atoms with E-state index < -0.39 is 17.4 Å². The number of hydrogen-bond donors (Lipinski definition) is 0. The van der Waals surface area contributed by atoms with Crippen molar-refractivity contribution in [1.29, 1.82) is 0 Å². The molecule has 0 atom stereocenters. The maximum absolute atomic E-state index is 13.5. The van der Waals surface area contributed by atoms with Crippen LogP contribution in [0.4, 0.5) is 8.78 Å². The van der Waals surface area contributed by atoms with Crippen molar-refractivity contribution in [3.63, 3.8) is 0 Å². The maximum atomic E-state index is 13.5. The fourth-order valence-electron chi connectivity index (χ4n) is 1.60. The summed E-state index contributed by atoms with van der Waals surface area (Å²) >= 11 is 1.47. The summed E-state index contributed by atoms with van der Waals surface area (Å²) in [6, 6.07) is 1.90. The van der Waals surface area contributed by atoms with E-state index in [4.69, 9.17) is 4.74 Å². The second kappa shape index (κ2) is 5.88. The number of halogens is 2. The molecule has 2 rings (SSSR count). The highest BCUT2D eigenvalue weighted by Crippen LogP contribution is 2.23. The highest BCUT2D eigenvalue weighted by Gasteiger charge is 2.13. The lowest BCUT2D eigenvalue weighted by atomic mass is 10.2. The zero-order chi connectivity index (χ0) is 13.8. The number of ether oxygens (including phenoxy) is 1. The third-order valence-corrected chi connectivity index (χ3v) is 3.57. The van der Waals surface area contributed by atoms with Gasteiger partial charge in [0.05, 0.1) is 17.8 Å². The molecular weight excluding hydrogens is 272 g/mol. The van der Waals surface area contributed by atoms with Crippen LogP contribution < -0.4 is 4.74 Å². The van der Waals surface area contributed by atoms with Gasteiger partial charge in [0, 0.05) is 16.9 Å². The molecule has 6 heteroatoms. The molecule has 0 aliphatic carbocycles. The van der Waals surface area contributed by atoms with Crippen LogP contribution in [0.15, 0.2) is 17.6 Å². The molecule has 1 heterocycles. The molecule has 19 heavy (non-hydrogen) atoms. The van der Waals surface area contributed by atoms with Crippen molar-refractivity contribution >= 4 is 17.6 Å². The molecule has 0 saturated carbocycles. The van der Waals surface area contributed by atoms with Gasteiger partial charge in [-0.1, -0.05) is 0 Å². The Bertz CT molecular complexity index is 575. The molecule has 1 aromatic heterocycles. The number of aromatic nitrogens is 1. The minimum Gasteiger partial charge on any atom is -0.487 e. The largest absolute Gasteiger partial charge is 0.487 e. The number of thiazole rings is 1. The summed E-state index contributed by atoms with van der Waals surface area (Å²) in [5.74, 6) is -2.20. The number of benzene rings is 1. The standard InChI is InChI=1S/C13H11F2NO2S/c1-8-12(19-7-16-8)2-3-18-13-10(14)4-9(6-17)5-11(13)15/h4-7H,2-3H2,1H3. The molecule has 0 aliphatic heterocycles. The quantitative estimate of drug-likeness (QED) is 0.791. The fraction of sp³-hybridized carbons (Fsp3) is 0.231. The lowest BCUT2D eigenvalue weighted by Crippen LogP contribution is -2.05. The Balaban J connectivity index is 2.04. The SMILES string of the molecule is Cc1ncsc1CCOc1c(F)cc(C=O)cc1F. The average Bonchev–Trinajstić information content (AvgIpc) is 2.78. The zero-order valence-electron chi connectivity index (χ0n) is 10.2. The van der Waals surface area contributed by atoms with Crippen molar-refractivity contribution < 1.29 is 18.3 Å². The van der Waals surface area contributed by atoms with Crippen LogP contribution in [0.3, 0.4) is 0 Å². The Morgan fingerprint density at radius 3 is 2.58 bits per heavy atom. The molecule has 3 nitrogen and oxygen atoms in total. The molecule has 0 spiro atoms. The average molecular weight is 283 g/mol. The van der Waals surface area contributed by atoms with Crippen LogP contribution in [0.5, 0.6) is 5.75 Å². The van der Waals surface area contributed by atoms with Gasteiger partial charge in [0.2, 0.25) is 0 Å². The first-order chi connectivity index (χ1) is 9.11. The van der Waals surface area contributed by atoms with E-state index in [0.29, 0.717) is 12.7 Å². The van der Waals surface area contributed by atoms with E-state index in [-0.39, 0.29) is 12.2 Å². The maximum Gasteiger partial charge on any atom is 0.190 e. The number of rotatable bonds is 5. The van der Waals surface area contributed by atoms with Gasteiger partial charge in [-0.15, -0.1) is 11.3 Å². The van der Waals surface area contributed by atoms with Crippen LogP contribution >= 0.6 is 11.3 Å². The number of nitrogens with zero attached hydrogens (tertiary/aromatic N) is 1. The summed E-state index contributed by atoms with van der Waals surface area (Å²) in [4.78, 5) is 15.5. The van der Waals surface area contributed by atoms with E-state index in [0.717, 1.165) is 22.7 Å². The van der Waals surface area contributed by atoms with Crippen molar-refractivity contribution in [2.75, 3.05) is 6.61 Å². The van der Waals surface area contributed by atoms with Gasteiger partial charge >= 0.3 is 0 Å². The highest BCUT2D eigenvalue weighted by atomic mass is 32.1.